The van der Waals surface area contributed by atoms with Crippen molar-refractivity contribution < 1.29 is 14.4 Å². The van der Waals surface area contributed by atoms with E-state index in [0.29, 0.717) is 32.5 Å². The van der Waals surface area contributed by atoms with Crippen LogP contribution in [0.5, 0.6) is 0 Å². The average Bonchev–Trinajstić information content (AvgIpc) is 2.87. The van der Waals surface area contributed by atoms with E-state index in [1.165, 1.54) is 0 Å². The number of carbonyl (C=O) groups is 3. The van der Waals surface area contributed by atoms with E-state index in [2.05, 4.69) is 26.1 Å². The van der Waals surface area contributed by atoms with Crippen LogP contribution in [0.2, 0.25) is 0 Å². The first-order valence-electron chi connectivity index (χ1n) is 9.44. The Morgan fingerprint density at radius 1 is 1.20 bits per heavy atom. The van der Waals surface area contributed by atoms with E-state index in [1.807, 2.05) is 18.7 Å². The molecule has 1 atom stereocenters. The van der Waals surface area contributed by atoms with Gasteiger partial charge < -0.3 is 15.1 Å². The van der Waals surface area contributed by atoms with Gasteiger partial charge in [-0.05, 0) is 32.1 Å². The molecule has 0 spiro atoms. The van der Waals surface area contributed by atoms with Crippen molar-refractivity contribution in [3.05, 3.63) is 0 Å². The van der Waals surface area contributed by atoms with Gasteiger partial charge >= 0.3 is 0 Å². The molecule has 2 heterocycles. The number of piperidine rings is 1. The molecule has 2 fully saturated rings. The van der Waals surface area contributed by atoms with E-state index in [0.717, 1.165) is 12.8 Å². The number of rotatable bonds is 4. The van der Waals surface area contributed by atoms with Crippen LogP contribution in [0.15, 0.2) is 0 Å². The Labute approximate surface area is 151 Å². The summed E-state index contributed by atoms with van der Waals surface area (Å²) in [5, 5.41) is 3.09. The van der Waals surface area contributed by atoms with Gasteiger partial charge in [-0.3, -0.25) is 14.4 Å². The van der Waals surface area contributed by atoms with Crippen LogP contribution in [-0.4, -0.2) is 59.2 Å². The van der Waals surface area contributed by atoms with Gasteiger partial charge in [0.2, 0.25) is 17.7 Å². The fraction of sp³-hybridized carbons (Fsp3) is 0.842. The van der Waals surface area contributed by atoms with Crippen molar-refractivity contribution in [2.24, 2.45) is 11.3 Å². The number of hydrogen-bond donors (Lipinski definition) is 1. The molecule has 3 amide bonds. The minimum atomic E-state index is -0.207. The van der Waals surface area contributed by atoms with Gasteiger partial charge in [0.05, 0.1) is 5.92 Å². The SMILES string of the molecule is CC(C)N1CC(C(=O)N2CCC(NC(=O)CC(C)(C)C)CC2)CC1=O. The minimum Gasteiger partial charge on any atom is -0.353 e. The summed E-state index contributed by atoms with van der Waals surface area (Å²) >= 11 is 0. The summed E-state index contributed by atoms with van der Waals surface area (Å²) in [5.74, 6) is 0.0572. The molecule has 0 aromatic carbocycles. The van der Waals surface area contributed by atoms with E-state index in [-0.39, 0.29) is 41.1 Å². The smallest absolute Gasteiger partial charge is 0.227 e. The van der Waals surface area contributed by atoms with Gasteiger partial charge in [0.1, 0.15) is 0 Å². The lowest BCUT2D eigenvalue weighted by molar-refractivity contribution is -0.137. The average molecular weight is 351 g/mol. The molecule has 25 heavy (non-hydrogen) atoms. The van der Waals surface area contributed by atoms with Gasteiger partial charge in [-0.25, -0.2) is 0 Å². The van der Waals surface area contributed by atoms with E-state index < -0.39 is 0 Å². The second kappa shape index (κ2) is 7.75. The van der Waals surface area contributed by atoms with Crippen LogP contribution in [0, 0.1) is 11.3 Å². The number of likely N-dealkylation sites (tertiary alicyclic amines) is 2. The first-order valence-corrected chi connectivity index (χ1v) is 9.44. The van der Waals surface area contributed by atoms with Crippen LogP contribution in [0.1, 0.15) is 60.3 Å². The Morgan fingerprint density at radius 2 is 1.80 bits per heavy atom. The Morgan fingerprint density at radius 3 is 2.28 bits per heavy atom. The highest BCUT2D eigenvalue weighted by atomic mass is 16.2. The molecule has 6 heteroatoms. The molecule has 142 valence electrons. The molecule has 2 saturated heterocycles. The molecule has 2 rings (SSSR count). The quantitative estimate of drug-likeness (QED) is 0.839. The third-order valence-corrected chi connectivity index (χ3v) is 4.99. The van der Waals surface area contributed by atoms with E-state index in [1.54, 1.807) is 4.90 Å². The lowest BCUT2D eigenvalue weighted by Gasteiger charge is -2.34. The maximum Gasteiger partial charge on any atom is 0.227 e. The predicted octanol–water partition coefficient (Wildman–Crippen LogP) is 1.79. The van der Waals surface area contributed by atoms with E-state index in [4.69, 9.17) is 0 Å². The van der Waals surface area contributed by atoms with Crippen LogP contribution in [0.4, 0.5) is 0 Å². The number of carbonyl (C=O) groups excluding carboxylic acids is 3. The summed E-state index contributed by atoms with van der Waals surface area (Å²) in [6, 6.07) is 0.297. The molecule has 0 aliphatic carbocycles. The molecule has 0 radical (unpaired) electrons. The van der Waals surface area contributed by atoms with Crippen LogP contribution >= 0.6 is 0 Å². The highest BCUT2D eigenvalue weighted by Gasteiger charge is 2.38. The van der Waals surface area contributed by atoms with Crippen LogP contribution < -0.4 is 5.32 Å². The van der Waals surface area contributed by atoms with Crippen molar-refractivity contribution in [1.29, 1.82) is 0 Å². The van der Waals surface area contributed by atoms with E-state index >= 15 is 0 Å². The second-order valence-corrected chi connectivity index (χ2v) is 8.95. The molecular formula is C19H33N3O3. The highest BCUT2D eigenvalue weighted by molar-refractivity contribution is 5.89. The maximum absolute atomic E-state index is 12.7. The highest BCUT2D eigenvalue weighted by Crippen LogP contribution is 2.24. The van der Waals surface area contributed by atoms with Gasteiger partial charge in [0.15, 0.2) is 0 Å². The number of nitrogens with zero attached hydrogens (tertiary/aromatic N) is 2. The third kappa shape index (κ3) is 5.44. The summed E-state index contributed by atoms with van der Waals surface area (Å²) in [4.78, 5) is 40.4. The lowest BCUT2D eigenvalue weighted by atomic mass is 9.91. The van der Waals surface area contributed by atoms with E-state index in [9.17, 15) is 14.4 Å². The van der Waals surface area contributed by atoms with Crippen LogP contribution in [0.25, 0.3) is 0 Å². The van der Waals surface area contributed by atoms with Crippen molar-refractivity contribution in [2.45, 2.75) is 72.4 Å². The zero-order valence-corrected chi connectivity index (χ0v) is 16.3. The Balaban J connectivity index is 1.79. The van der Waals surface area contributed by atoms with Crippen LogP contribution in [0.3, 0.4) is 0 Å². The number of amides is 3. The molecule has 6 nitrogen and oxygen atoms in total. The van der Waals surface area contributed by atoms with Crippen molar-refractivity contribution in [2.75, 3.05) is 19.6 Å². The monoisotopic (exact) mass is 351 g/mol. The second-order valence-electron chi connectivity index (χ2n) is 8.95. The normalized spacial score (nSPS) is 22.6. The van der Waals surface area contributed by atoms with Crippen molar-refractivity contribution >= 4 is 17.7 Å². The number of nitrogens with one attached hydrogen (secondary N) is 1. The largest absolute Gasteiger partial charge is 0.353 e. The molecule has 1 unspecified atom stereocenters. The first kappa shape index (κ1) is 19.7. The lowest BCUT2D eigenvalue weighted by Crippen LogP contribution is -2.48. The number of hydrogen-bond acceptors (Lipinski definition) is 3. The predicted molar refractivity (Wildman–Crippen MR) is 96.8 cm³/mol. The molecule has 1 N–H and O–H groups in total. The molecule has 0 saturated carbocycles. The fourth-order valence-electron chi connectivity index (χ4n) is 3.66. The fourth-order valence-corrected chi connectivity index (χ4v) is 3.66. The Hall–Kier alpha value is -1.59. The third-order valence-electron chi connectivity index (χ3n) is 4.99. The standard InChI is InChI=1S/C19H33N3O3/c1-13(2)22-12-14(10-17(22)24)18(25)21-8-6-15(7-9-21)20-16(23)11-19(3,4)5/h13-15H,6-12H2,1-5H3,(H,20,23). The first-order chi connectivity index (χ1) is 11.6. The molecule has 0 bridgehead atoms. The Kier molecular flexibility index (Phi) is 6.12. The van der Waals surface area contributed by atoms with Crippen molar-refractivity contribution in [3.8, 4) is 0 Å². The van der Waals surface area contributed by atoms with Gasteiger partial charge in [-0.15, -0.1) is 0 Å². The molecule has 0 aromatic rings. The maximum atomic E-state index is 12.7. The van der Waals surface area contributed by atoms with Gasteiger partial charge in [-0.1, -0.05) is 20.8 Å². The summed E-state index contributed by atoms with van der Waals surface area (Å²) in [5.41, 5.74) is -0.0158. The topological polar surface area (TPSA) is 69.7 Å². The molecule has 0 aromatic heterocycles. The summed E-state index contributed by atoms with van der Waals surface area (Å²) < 4.78 is 0. The minimum absolute atomic E-state index is 0.0158. The van der Waals surface area contributed by atoms with Gasteiger partial charge in [-0.2, -0.15) is 0 Å². The zero-order chi connectivity index (χ0) is 18.8. The molecule has 2 aliphatic rings. The Bertz CT molecular complexity index is 516. The molecule has 2 aliphatic heterocycles. The van der Waals surface area contributed by atoms with Gasteiger partial charge in [0.25, 0.3) is 0 Å². The van der Waals surface area contributed by atoms with Crippen LogP contribution in [-0.2, 0) is 14.4 Å². The van der Waals surface area contributed by atoms with Crippen molar-refractivity contribution in [1.82, 2.24) is 15.1 Å². The zero-order valence-electron chi connectivity index (χ0n) is 16.3. The summed E-state index contributed by atoms with van der Waals surface area (Å²) in [6.07, 6.45) is 2.42. The molecular weight excluding hydrogens is 318 g/mol. The summed E-state index contributed by atoms with van der Waals surface area (Å²) in [6.45, 7) is 12.0. The van der Waals surface area contributed by atoms with Gasteiger partial charge in [0, 0.05) is 44.6 Å². The van der Waals surface area contributed by atoms with Crippen molar-refractivity contribution in [3.63, 3.8) is 0 Å². The summed E-state index contributed by atoms with van der Waals surface area (Å²) in [7, 11) is 0.